The molecule has 0 saturated heterocycles. The fourth-order valence-corrected chi connectivity index (χ4v) is 2.67. The molecule has 0 unspecified atom stereocenters. The molecule has 0 radical (unpaired) electrons. The number of rotatable bonds is 0. The molecule has 1 saturated carbocycles. The molecular formula is C11H17NO. The molecule has 0 N–H and O–H groups in total. The normalized spacial score (nSPS) is 26.8. The van der Waals surface area contributed by atoms with Crippen LogP contribution in [0.5, 0.6) is 0 Å². The van der Waals surface area contributed by atoms with Crippen LogP contribution in [0.2, 0.25) is 0 Å². The number of hydrogen-bond acceptors (Lipinski definition) is 1. The molecule has 1 heterocycles. The van der Waals surface area contributed by atoms with E-state index in [0.717, 1.165) is 18.4 Å². The minimum atomic E-state index is 0.0966. The van der Waals surface area contributed by atoms with Gasteiger partial charge in [-0.25, -0.2) is 0 Å². The Morgan fingerprint density at radius 1 is 1.31 bits per heavy atom. The minimum absolute atomic E-state index is 0.0966. The van der Waals surface area contributed by atoms with Crippen LogP contribution >= 0.6 is 0 Å². The number of likely N-dealkylation sites (N-methyl/N-ethyl adjacent to an activating group) is 1. The van der Waals surface area contributed by atoms with Crippen LogP contribution in [0, 0.1) is 0 Å². The van der Waals surface area contributed by atoms with E-state index in [1.54, 1.807) is 0 Å². The summed E-state index contributed by atoms with van der Waals surface area (Å²) in [5.41, 5.74) is 1.03. The third-order valence-corrected chi connectivity index (χ3v) is 3.51. The number of hydrogen-bond donors (Lipinski definition) is 0. The third-order valence-electron chi connectivity index (χ3n) is 3.51. The lowest BCUT2D eigenvalue weighted by atomic mass is 9.81. The van der Waals surface area contributed by atoms with Gasteiger partial charge in [0, 0.05) is 12.6 Å². The second-order valence-electron chi connectivity index (χ2n) is 4.36. The van der Waals surface area contributed by atoms with Crippen LogP contribution in [-0.4, -0.2) is 23.4 Å². The molecular weight excluding hydrogens is 162 g/mol. The zero-order valence-corrected chi connectivity index (χ0v) is 8.47. The van der Waals surface area contributed by atoms with Gasteiger partial charge in [-0.15, -0.1) is 0 Å². The van der Waals surface area contributed by atoms with E-state index in [9.17, 15) is 4.79 Å². The summed E-state index contributed by atoms with van der Waals surface area (Å²) < 4.78 is 0. The predicted molar refractivity (Wildman–Crippen MR) is 52.3 cm³/mol. The van der Waals surface area contributed by atoms with Crippen molar-refractivity contribution >= 4 is 5.91 Å². The van der Waals surface area contributed by atoms with E-state index < -0.39 is 0 Å². The van der Waals surface area contributed by atoms with Gasteiger partial charge in [0.05, 0.1) is 5.54 Å². The summed E-state index contributed by atoms with van der Waals surface area (Å²) in [5.74, 6) is 0.224. The molecule has 2 aliphatic rings. The second kappa shape index (κ2) is 2.86. The van der Waals surface area contributed by atoms with Crippen molar-refractivity contribution in [1.29, 1.82) is 0 Å². The first-order chi connectivity index (χ1) is 6.16. The highest BCUT2D eigenvalue weighted by molar-refractivity contribution is 5.96. The van der Waals surface area contributed by atoms with Crippen molar-refractivity contribution in [2.24, 2.45) is 0 Å². The Balaban J connectivity index is 2.27. The molecule has 1 aliphatic carbocycles. The van der Waals surface area contributed by atoms with Gasteiger partial charge in [0.25, 0.3) is 0 Å². The molecule has 13 heavy (non-hydrogen) atoms. The lowest BCUT2D eigenvalue weighted by Gasteiger charge is -2.38. The maximum atomic E-state index is 11.6. The van der Waals surface area contributed by atoms with E-state index in [-0.39, 0.29) is 11.4 Å². The minimum Gasteiger partial charge on any atom is -0.333 e. The molecule has 2 heteroatoms. The molecule has 1 amide bonds. The Kier molecular flexibility index (Phi) is 1.94. The zero-order valence-electron chi connectivity index (χ0n) is 8.47. The van der Waals surface area contributed by atoms with Crippen LogP contribution in [0.3, 0.4) is 0 Å². The van der Waals surface area contributed by atoms with Gasteiger partial charge in [0.15, 0.2) is 0 Å². The van der Waals surface area contributed by atoms with Crippen molar-refractivity contribution in [3.8, 4) is 0 Å². The summed E-state index contributed by atoms with van der Waals surface area (Å²) >= 11 is 0. The van der Waals surface area contributed by atoms with Crippen molar-refractivity contribution in [1.82, 2.24) is 4.90 Å². The maximum Gasteiger partial charge on any atom is 0.249 e. The summed E-state index contributed by atoms with van der Waals surface area (Å²) in [6.07, 6.45) is 8.37. The van der Waals surface area contributed by atoms with Crippen LogP contribution < -0.4 is 0 Å². The largest absolute Gasteiger partial charge is 0.333 e. The lowest BCUT2D eigenvalue weighted by molar-refractivity contribution is -0.128. The van der Waals surface area contributed by atoms with Gasteiger partial charge < -0.3 is 4.90 Å². The highest BCUT2D eigenvalue weighted by Gasteiger charge is 2.41. The first kappa shape index (κ1) is 8.79. The average Bonchev–Trinajstić information content (AvgIpc) is 2.33. The van der Waals surface area contributed by atoms with Crippen LogP contribution in [0.4, 0.5) is 0 Å². The molecule has 1 fully saturated rings. The first-order valence-electron chi connectivity index (χ1n) is 5.13. The monoisotopic (exact) mass is 179 g/mol. The van der Waals surface area contributed by atoms with Crippen molar-refractivity contribution in [3.05, 3.63) is 11.6 Å². The van der Waals surface area contributed by atoms with Crippen LogP contribution in [-0.2, 0) is 4.79 Å². The predicted octanol–water partition coefficient (Wildman–Crippen LogP) is 2.11. The summed E-state index contributed by atoms with van der Waals surface area (Å²) in [5, 5.41) is 0. The average molecular weight is 179 g/mol. The number of nitrogens with zero attached hydrogens (tertiary/aromatic N) is 1. The Morgan fingerprint density at radius 2 is 1.92 bits per heavy atom. The van der Waals surface area contributed by atoms with Crippen molar-refractivity contribution in [2.75, 3.05) is 7.05 Å². The van der Waals surface area contributed by atoms with E-state index in [2.05, 4.69) is 6.08 Å². The van der Waals surface area contributed by atoms with Gasteiger partial charge >= 0.3 is 0 Å². The Bertz CT molecular complexity index is 261. The van der Waals surface area contributed by atoms with E-state index >= 15 is 0 Å². The van der Waals surface area contributed by atoms with E-state index in [1.165, 1.54) is 19.3 Å². The quantitative estimate of drug-likeness (QED) is 0.557. The third kappa shape index (κ3) is 1.19. The molecule has 0 atom stereocenters. The van der Waals surface area contributed by atoms with Crippen molar-refractivity contribution in [2.45, 2.75) is 44.6 Å². The smallest absolute Gasteiger partial charge is 0.249 e. The maximum absolute atomic E-state index is 11.6. The Morgan fingerprint density at radius 3 is 2.38 bits per heavy atom. The van der Waals surface area contributed by atoms with Crippen molar-refractivity contribution in [3.63, 3.8) is 0 Å². The number of amides is 1. The summed E-state index contributed by atoms with van der Waals surface area (Å²) in [6.45, 7) is 1.93. The molecule has 2 rings (SSSR count). The van der Waals surface area contributed by atoms with Gasteiger partial charge in [-0.1, -0.05) is 25.3 Å². The van der Waals surface area contributed by atoms with Gasteiger partial charge in [-0.2, -0.15) is 0 Å². The fraction of sp³-hybridized carbons (Fsp3) is 0.727. The fourth-order valence-electron chi connectivity index (χ4n) is 2.67. The second-order valence-corrected chi connectivity index (χ2v) is 4.36. The topological polar surface area (TPSA) is 20.3 Å². The standard InChI is InChI=1S/C11H17NO/c1-9-8-11(12(2)10(9)13)6-4-3-5-7-11/h8H,3-7H2,1-2H3. The Hall–Kier alpha value is -0.790. The number of carbonyl (C=O) groups is 1. The molecule has 0 bridgehead atoms. The van der Waals surface area contributed by atoms with E-state index in [1.807, 2.05) is 18.9 Å². The molecule has 2 nitrogen and oxygen atoms in total. The molecule has 1 aliphatic heterocycles. The van der Waals surface area contributed by atoms with Crippen molar-refractivity contribution < 1.29 is 4.79 Å². The molecule has 0 aromatic heterocycles. The number of carbonyl (C=O) groups excluding carboxylic acids is 1. The zero-order chi connectivity index (χ0) is 9.47. The first-order valence-corrected chi connectivity index (χ1v) is 5.13. The molecule has 1 spiro atoms. The lowest BCUT2D eigenvalue weighted by Crippen LogP contribution is -2.45. The van der Waals surface area contributed by atoms with Gasteiger partial charge in [0.2, 0.25) is 5.91 Å². The highest BCUT2D eigenvalue weighted by atomic mass is 16.2. The molecule has 0 aromatic carbocycles. The molecule has 0 aromatic rings. The molecule has 72 valence electrons. The SMILES string of the molecule is CC1=CC2(CCCCC2)N(C)C1=O. The summed E-state index contributed by atoms with van der Waals surface area (Å²) in [4.78, 5) is 13.6. The summed E-state index contributed by atoms with van der Waals surface area (Å²) in [7, 11) is 1.95. The van der Waals surface area contributed by atoms with E-state index in [4.69, 9.17) is 0 Å². The highest BCUT2D eigenvalue weighted by Crippen LogP contribution is 2.39. The van der Waals surface area contributed by atoms with Gasteiger partial charge in [-0.05, 0) is 19.8 Å². The Labute approximate surface area is 79.6 Å². The van der Waals surface area contributed by atoms with Crippen LogP contribution in [0.15, 0.2) is 11.6 Å². The summed E-state index contributed by atoms with van der Waals surface area (Å²) in [6, 6.07) is 0. The van der Waals surface area contributed by atoms with Crippen LogP contribution in [0.25, 0.3) is 0 Å². The van der Waals surface area contributed by atoms with E-state index in [0.29, 0.717) is 0 Å². The van der Waals surface area contributed by atoms with Gasteiger partial charge in [-0.3, -0.25) is 4.79 Å². The van der Waals surface area contributed by atoms with Crippen LogP contribution in [0.1, 0.15) is 39.0 Å². The van der Waals surface area contributed by atoms with Gasteiger partial charge in [0.1, 0.15) is 0 Å².